The molecule has 0 fully saturated rings. The quantitative estimate of drug-likeness (QED) is 0.265. The van der Waals surface area contributed by atoms with Crippen LogP contribution in [0.4, 0.5) is 0 Å². The standard InChI is InChI=1S/C34H18N2/c1-3-24-29-19(2)28-16-21(18-36)12-15-25(28)32(29)34-27-9-5-7-22-6-4-8-26(30(22)27)33(34)31(24)23-13-10-20(17-35)11-14-23/h3-16H,1-2H2. The number of hydrogen-bond acceptors (Lipinski definition) is 2. The van der Waals surface area contributed by atoms with Gasteiger partial charge in [0, 0.05) is 0 Å². The van der Waals surface area contributed by atoms with Crippen molar-refractivity contribution in [1.29, 1.82) is 10.5 Å². The van der Waals surface area contributed by atoms with Gasteiger partial charge in [-0.3, -0.25) is 0 Å². The Hall–Kier alpha value is -5.18. The summed E-state index contributed by atoms with van der Waals surface area (Å²) in [5, 5.41) is 31.4. The van der Waals surface area contributed by atoms with Crippen molar-refractivity contribution >= 4 is 66.5 Å². The Morgan fingerprint density at radius 2 is 1.25 bits per heavy atom. The number of fused-ring (bicyclic) bond motifs is 7. The van der Waals surface area contributed by atoms with Gasteiger partial charge < -0.3 is 0 Å². The van der Waals surface area contributed by atoms with Crippen molar-refractivity contribution in [1.82, 2.24) is 0 Å². The van der Waals surface area contributed by atoms with Gasteiger partial charge in [-0.1, -0.05) is 73.8 Å². The highest BCUT2D eigenvalue weighted by molar-refractivity contribution is 6.42. The first-order chi connectivity index (χ1) is 17.7. The molecule has 0 saturated carbocycles. The molecule has 0 spiro atoms. The first kappa shape index (κ1) is 20.2. The molecule has 0 aliphatic rings. The first-order valence-corrected chi connectivity index (χ1v) is 11.8. The van der Waals surface area contributed by atoms with Crippen molar-refractivity contribution in [3.63, 3.8) is 0 Å². The summed E-state index contributed by atoms with van der Waals surface area (Å²) in [6.45, 7) is 8.74. The van der Waals surface area contributed by atoms with E-state index in [1.165, 1.54) is 32.3 Å². The van der Waals surface area contributed by atoms with Crippen molar-refractivity contribution in [3.8, 4) is 23.3 Å². The molecule has 2 heteroatoms. The Kier molecular flexibility index (Phi) is 4.02. The summed E-state index contributed by atoms with van der Waals surface area (Å²) in [5.41, 5.74) is 4.41. The third-order valence-corrected chi connectivity index (χ3v) is 7.53. The number of hydrogen-bond donors (Lipinski definition) is 0. The van der Waals surface area contributed by atoms with E-state index in [0.29, 0.717) is 11.1 Å². The molecular weight excluding hydrogens is 436 g/mol. The average Bonchev–Trinajstić information content (AvgIpc) is 3.41. The van der Waals surface area contributed by atoms with E-state index >= 15 is 0 Å². The van der Waals surface area contributed by atoms with Gasteiger partial charge in [0.05, 0.1) is 23.3 Å². The second-order valence-corrected chi connectivity index (χ2v) is 9.24. The molecule has 0 atom stereocenters. The van der Waals surface area contributed by atoms with Crippen LogP contribution in [0.2, 0.25) is 0 Å². The van der Waals surface area contributed by atoms with Crippen LogP contribution in [-0.4, -0.2) is 0 Å². The molecule has 0 amide bonds. The lowest BCUT2D eigenvalue weighted by Gasteiger charge is -2.13. The number of benzene rings is 5. The molecule has 0 N–H and O–H groups in total. The highest BCUT2D eigenvalue weighted by Crippen LogP contribution is 2.49. The smallest absolute Gasteiger partial charge is 0.0991 e. The van der Waals surface area contributed by atoms with Crippen LogP contribution in [0.1, 0.15) is 16.7 Å². The Morgan fingerprint density at radius 3 is 1.92 bits per heavy atom. The van der Waals surface area contributed by atoms with Gasteiger partial charge in [0.25, 0.3) is 0 Å². The molecule has 7 rings (SSSR count). The molecule has 0 heterocycles. The first-order valence-electron chi connectivity index (χ1n) is 11.8. The number of nitriles is 2. The van der Waals surface area contributed by atoms with Gasteiger partial charge in [0.1, 0.15) is 0 Å². The lowest BCUT2D eigenvalue weighted by Crippen LogP contribution is -1.98. The van der Waals surface area contributed by atoms with Crippen LogP contribution in [0.5, 0.6) is 0 Å². The maximum Gasteiger partial charge on any atom is 0.0991 e. The van der Waals surface area contributed by atoms with Crippen LogP contribution in [0, 0.1) is 22.7 Å². The van der Waals surface area contributed by atoms with Crippen LogP contribution in [0.25, 0.3) is 77.6 Å². The fraction of sp³-hybridized carbons (Fsp3) is 0. The summed E-state index contributed by atoms with van der Waals surface area (Å²) >= 11 is 0. The van der Waals surface area contributed by atoms with Crippen molar-refractivity contribution in [2.45, 2.75) is 0 Å². The Morgan fingerprint density at radius 1 is 0.611 bits per heavy atom. The predicted molar refractivity (Wildman–Crippen MR) is 151 cm³/mol. The van der Waals surface area contributed by atoms with Gasteiger partial charge in [-0.25, -0.2) is 0 Å². The minimum absolute atomic E-state index is 0.622. The molecule has 7 aromatic rings. The van der Waals surface area contributed by atoms with E-state index < -0.39 is 0 Å². The topological polar surface area (TPSA) is 47.6 Å². The largest absolute Gasteiger partial charge is 0.192 e. The van der Waals surface area contributed by atoms with Gasteiger partial charge in [-0.05, 0) is 100 Å². The SMILES string of the molecule is C=Cc1c(-c2ccc(C#N)cc2)c2c3cccc4cccc(c43)c2c2c1c(=C)c1cc(C#N)ccc12. The fourth-order valence-electron chi connectivity index (χ4n) is 6.08. The highest BCUT2D eigenvalue weighted by Gasteiger charge is 2.24. The summed E-state index contributed by atoms with van der Waals surface area (Å²) in [4.78, 5) is 0. The van der Waals surface area contributed by atoms with Crippen molar-refractivity contribution < 1.29 is 0 Å². The van der Waals surface area contributed by atoms with E-state index in [1.807, 2.05) is 42.5 Å². The number of nitrogens with zero attached hydrogens (tertiary/aromatic N) is 2. The van der Waals surface area contributed by atoms with E-state index in [9.17, 15) is 10.5 Å². The zero-order chi connectivity index (χ0) is 24.6. The average molecular weight is 455 g/mol. The summed E-state index contributed by atoms with van der Waals surface area (Å²) in [6.07, 6.45) is 1.93. The second-order valence-electron chi connectivity index (χ2n) is 9.24. The molecule has 0 radical (unpaired) electrons. The van der Waals surface area contributed by atoms with Crippen LogP contribution in [0.3, 0.4) is 0 Å². The van der Waals surface area contributed by atoms with Gasteiger partial charge >= 0.3 is 0 Å². The van der Waals surface area contributed by atoms with Crippen LogP contribution < -0.4 is 5.22 Å². The molecule has 0 bridgehead atoms. The molecule has 0 unspecified atom stereocenters. The Labute approximate surface area is 207 Å². The minimum Gasteiger partial charge on any atom is -0.192 e. The third kappa shape index (κ3) is 2.43. The summed E-state index contributed by atoms with van der Waals surface area (Å²) in [6, 6.07) is 31.1. The van der Waals surface area contributed by atoms with Crippen molar-refractivity contribution in [2.24, 2.45) is 0 Å². The van der Waals surface area contributed by atoms with Gasteiger partial charge in [-0.2, -0.15) is 10.5 Å². The maximum atomic E-state index is 9.56. The highest BCUT2D eigenvalue weighted by atomic mass is 14.3. The molecule has 7 aromatic carbocycles. The van der Waals surface area contributed by atoms with Crippen LogP contribution >= 0.6 is 0 Å². The summed E-state index contributed by atoms with van der Waals surface area (Å²) in [5.74, 6) is 0. The van der Waals surface area contributed by atoms with E-state index in [0.717, 1.165) is 43.5 Å². The predicted octanol–water partition coefficient (Wildman–Crippen LogP) is 8.07. The normalized spacial score (nSPS) is 11.5. The van der Waals surface area contributed by atoms with Crippen molar-refractivity contribution in [2.75, 3.05) is 0 Å². The van der Waals surface area contributed by atoms with Gasteiger partial charge in [0.2, 0.25) is 0 Å². The lowest BCUT2D eigenvalue weighted by molar-refractivity contribution is 1.48. The van der Waals surface area contributed by atoms with E-state index in [4.69, 9.17) is 0 Å². The van der Waals surface area contributed by atoms with Gasteiger partial charge in [-0.15, -0.1) is 0 Å². The fourth-order valence-corrected chi connectivity index (χ4v) is 6.08. The minimum atomic E-state index is 0.622. The molecule has 2 nitrogen and oxygen atoms in total. The molecule has 0 aromatic heterocycles. The molecular formula is C34H18N2. The molecule has 0 aliphatic carbocycles. The molecule has 0 aliphatic heterocycles. The van der Waals surface area contributed by atoms with E-state index in [1.54, 1.807) is 0 Å². The molecule has 36 heavy (non-hydrogen) atoms. The second kappa shape index (κ2) is 7.16. The Balaban J connectivity index is 1.86. The Bertz CT molecular complexity index is 2180. The van der Waals surface area contributed by atoms with Gasteiger partial charge in [0.15, 0.2) is 0 Å². The van der Waals surface area contributed by atoms with E-state index in [-0.39, 0.29) is 0 Å². The monoisotopic (exact) mass is 454 g/mol. The number of rotatable bonds is 2. The lowest BCUT2D eigenvalue weighted by atomic mass is 9.89. The molecule has 164 valence electrons. The van der Waals surface area contributed by atoms with Crippen LogP contribution in [-0.2, 0) is 0 Å². The summed E-state index contributed by atoms with van der Waals surface area (Å²) in [7, 11) is 0. The van der Waals surface area contributed by atoms with E-state index in [2.05, 4.69) is 67.8 Å². The third-order valence-electron chi connectivity index (χ3n) is 7.53. The summed E-state index contributed by atoms with van der Waals surface area (Å²) < 4.78 is 0. The maximum absolute atomic E-state index is 9.56. The van der Waals surface area contributed by atoms with Crippen LogP contribution in [0.15, 0.2) is 85.4 Å². The zero-order valence-corrected chi connectivity index (χ0v) is 19.4. The molecule has 0 saturated heterocycles. The van der Waals surface area contributed by atoms with Crippen molar-refractivity contribution in [3.05, 3.63) is 107 Å². The zero-order valence-electron chi connectivity index (χ0n) is 19.4.